The minimum absolute atomic E-state index is 0.0253. The van der Waals surface area contributed by atoms with E-state index in [9.17, 15) is 17.6 Å². The number of halogens is 3. The Balaban J connectivity index is 1.65. The van der Waals surface area contributed by atoms with Crippen LogP contribution < -0.4 is 9.46 Å². The normalized spacial score (nSPS) is 17.1. The first-order valence-electron chi connectivity index (χ1n) is 9.25. The Bertz CT molecular complexity index is 1030. The number of carbonyl (C=O) groups excluding carboxylic acids is 1. The van der Waals surface area contributed by atoms with Gasteiger partial charge in [-0.05, 0) is 43.1 Å². The third-order valence-electron chi connectivity index (χ3n) is 4.77. The van der Waals surface area contributed by atoms with Crippen LogP contribution >= 0.6 is 23.2 Å². The van der Waals surface area contributed by atoms with E-state index in [2.05, 4.69) is 4.90 Å². The highest BCUT2D eigenvalue weighted by Gasteiger charge is 2.26. The summed E-state index contributed by atoms with van der Waals surface area (Å²) >= 11 is 12.1. The number of rotatable bonds is 7. The summed E-state index contributed by atoms with van der Waals surface area (Å²) in [4.78, 5) is 14.2. The largest absolute Gasteiger partial charge is 0.490 e. The van der Waals surface area contributed by atoms with Crippen LogP contribution in [-0.2, 0) is 16.6 Å². The second-order valence-corrected chi connectivity index (χ2v) is 9.76. The van der Waals surface area contributed by atoms with Crippen molar-refractivity contribution in [1.82, 2.24) is 9.62 Å². The molecule has 1 N–H and O–H groups in total. The first-order chi connectivity index (χ1) is 14.1. The van der Waals surface area contributed by atoms with Crippen molar-refractivity contribution in [1.29, 1.82) is 0 Å². The molecule has 0 radical (unpaired) electrons. The molecular weight excluding hydrogens is 454 g/mol. The van der Waals surface area contributed by atoms with E-state index in [4.69, 9.17) is 27.9 Å². The SMILES string of the molecule is CS(=O)(=O)NC(=O)c1cc(Cl)c(OCC2CCCN2Cc2ccc(Cl)cc2)cc1F. The number of ether oxygens (including phenoxy) is 1. The van der Waals surface area contributed by atoms with Crippen LogP contribution in [0.15, 0.2) is 36.4 Å². The Morgan fingerprint density at radius 1 is 1.27 bits per heavy atom. The lowest BCUT2D eigenvalue weighted by molar-refractivity contribution is 0.0977. The molecule has 1 aliphatic heterocycles. The molecule has 0 aliphatic carbocycles. The minimum Gasteiger partial charge on any atom is -0.490 e. The molecule has 10 heteroatoms. The van der Waals surface area contributed by atoms with E-state index < -0.39 is 27.3 Å². The molecule has 1 aliphatic rings. The van der Waals surface area contributed by atoms with Crippen molar-refractivity contribution in [3.8, 4) is 5.75 Å². The zero-order valence-corrected chi connectivity index (χ0v) is 18.5. The summed E-state index contributed by atoms with van der Waals surface area (Å²) in [5, 5.41) is 0.711. The van der Waals surface area contributed by atoms with Gasteiger partial charge in [-0.2, -0.15) is 0 Å². The number of nitrogens with zero attached hydrogens (tertiary/aromatic N) is 1. The number of hydrogen-bond acceptors (Lipinski definition) is 5. The molecule has 0 bridgehead atoms. The maximum Gasteiger partial charge on any atom is 0.267 e. The Morgan fingerprint density at radius 3 is 2.63 bits per heavy atom. The number of hydrogen-bond donors (Lipinski definition) is 1. The van der Waals surface area contributed by atoms with Crippen molar-refractivity contribution in [3.63, 3.8) is 0 Å². The van der Waals surface area contributed by atoms with Gasteiger partial charge >= 0.3 is 0 Å². The fraction of sp³-hybridized carbons (Fsp3) is 0.350. The molecule has 2 aromatic rings. The molecule has 3 rings (SSSR count). The van der Waals surface area contributed by atoms with Gasteiger partial charge in [0.05, 0.1) is 16.8 Å². The maximum absolute atomic E-state index is 14.3. The van der Waals surface area contributed by atoms with Crippen molar-refractivity contribution in [2.45, 2.75) is 25.4 Å². The van der Waals surface area contributed by atoms with E-state index in [0.717, 1.165) is 49.9 Å². The summed E-state index contributed by atoms with van der Waals surface area (Å²) in [5.41, 5.74) is 0.666. The quantitative estimate of drug-likeness (QED) is 0.658. The lowest BCUT2D eigenvalue weighted by atomic mass is 10.2. The summed E-state index contributed by atoms with van der Waals surface area (Å²) in [7, 11) is -3.82. The molecule has 162 valence electrons. The Morgan fingerprint density at radius 2 is 1.97 bits per heavy atom. The van der Waals surface area contributed by atoms with Crippen LogP contribution in [0.4, 0.5) is 4.39 Å². The summed E-state index contributed by atoms with van der Waals surface area (Å²) in [6.45, 7) is 1.98. The Hall–Kier alpha value is -1.87. The molecule has 30 heavy (non-hydrogen) atoms. The van der Waals surface area contributed by atoms with Crippen molar-refractivity contribution < 1.29 is 22.3 Å². The van der Waals surface area contributed by atoms with E-state index in [1.54, 1.807) is 4.72 Å². The maximum atomic E-state index is 14.3. The van der Waals surface area contributed by atoms with E-state index in [1.807, 2.05) is 24.3 Å². The van der Waals surface area contributed by atoms with Gasteiger partial charge in [-0.25, -0.2) is 17.5 Å². The van der Waals surface area contributed by atoms with Gasteiger partial charge in [-0.1, -0.05) is 35.3 Å². The topological polar surface area (TPSA) is 75.7 Å². The molecule has 6 nitrogen and oxygen atoms in total. The van der Waals surface area contributed by atoms with E-state index >= 15 is 0 Å². The van der Waals surface area contributed by atoms with Gasteiger partial charge in [-0.15, -0.1) is 0 Å². The molecule has 1 atom stereocenters. The monoisotopic (exact) mass is 474 g/mol. The number of carbonyl (C=O) groups is 1. The molecule has 1 fully saturated rings. The lowest BCUT2D eigenvalue weighted by Crippen LogP contribution is -2.33. The molecular formula is C20H21Cl2FN2O4S. The van der Waals surface area contributed by atoms with E-state index in [-0.39, 0.29) is 16.8 Å². The third kappa shape index (κ3) is 6.07. The van der Waals surface area contributed by atoms with Crippen molar-refractivity contribution in [2.75, 3.05) is 19.4 Å². The van der Waals surface area contributed by atoms with Gasteiger partial charge in [0.15, 0.2) is 0 Å². The van der Waals surface area contributed by atoms with Crippen LogP contribution in [-0.4, -0.2) is 44.7 Å². The number of nitrogens with one attached hydrogen (secondary N) is 1. The smallest absolute Gasteiger partial charge is 0.267 e. The first-order valence-corrected chi connectivity index (χ1v) is 11.9. The van der Waals surface area contributed by atoms with Gasteiger partial charge in [0.2, 0.25) is 10.0 Å². The summed E-state index contributed by atoms with van der Waals surface area (Å²) < 4.78 is 44.2. The van der Waals surface area contributed by atoms with Crippen LogP contribution in [0.25, 0.3) is 0 Å². The summed E-state index contributed by atoms with van der Waals surface area (Å²) in [5.74, 6) is -1.91. The molecule has 2 aromatic carbocycles. The Kier molecular flexibility index (Phi) is 7.23. The number of amides is 1. The van der Waals surface area contributed by atoms with Crippen LogP contribution in [0, 0.1) is 5.82 Å². The van der Waals surface area contributed by atoms with Gasteiger partial charge in [0, 0.05) is 23.7 Å². The van der Waals surface area contributed by atoms with Crippen molar-refractivity contribution in [3.05, 3.63) is 63.4 Å². The van der Waals surface area contributed by atoms with Crippen LogP contribution in [0.2, 0.25) is 10.0 Å². The average molecular weight is 475 g/mol. The van der Waals surface area contributed by atoms with Crippen LogP contribution in [0.3, 0.4) is 0 Å². The second kappa shape index (κ2) is 9.51. The highest BCUT2D eigenvalue weighted by atomic mass is 35.5. The number of benzene rings is 2. The molecule has 0 saturated carbocycles. The second-order valence-electron chi connectivity index (χ2n) is 7.17. The Labute approximate surface area is 185 Å². The zero-order valence-electron chi connectivity index (χ0n) is 16.2. The zero-order chi connectivity index (χ0) is 21.9. The number of sulfonamides is 1. The van der Waals surface area contributed by atoms with Gasteiger partial charge < -0.3 is 4.74 Å². The summed E-state index contributed by atoms with van der Waals surface area (Å²) in [6, 6.07) is 9.85. The predicted octanol–water partition coefficient (Wildman–Crippen LogP) is 3.87. The van der Waals surface area contributed by atoms with Crippen molar-refractivity contribution in [2.24, 2.45) is 0 Å². The first kappa shape index (κ1) is 22.8. The molecule has 0 spiro atoms. The van der Waals surface area contributed by atoms with E-state index in [0.29, 0.717) is 11.6 Å². The van der Waals surface area contributed by atoms with Crippen LogP contribution in [0.5, 0.6) is 5.75 Å². The predicted molar refractivity (Wildman–Crippen MR) is 114 cm³/mol. The molecule has 1 heterocycles. The minimum atomic E-state index is -3.82. The van der Waals surface area contributed by atoms with E-state index in [1.165, 1.54) is 0 Å². The molecule has 1 unspecified atom stereocenters. The van der Waals surface area contributed by atoms with Gasteiger partial charge in [0.25, 0.3) is 5.91 Å². The molecule has 1 amide bonds. The average Bonchev–Trinajstić information content (AvgIpc) is 3.09. The summed E-state index contributed by atoms with van der Waals surface area (Å²) in [6.07, 6.45) is 2.76. The third-order valence-corrected chi connectivity index (χ3v) is 5.88. The molecule has 1 saturated heterocycles. The van der Waals surface area contributed by atoms with Crippen molar-refractivity contribution >= 4 is 39.1 Å². The highest BCUT2D eigenvalue weighted by molar-refractivity contribution is 7.89. The fourth-order valence-electron chi connectivity index (χ4n) is 3.34. The van der Waals surface area contributed by atoms with Crippen LogP contribution in [0.1, 0.15) is 28.8 Å². The standard InChI is InChI=1S/C20H21Cl2FN2O4S/c1-30(27,28)24-20(26)16-9-17(22)19(10-18(16)23)29-12-15-3-2-8-25(15)11-13-4-6-14(21)7-5-13/h4-7,9-10,15H,2-3,8,11-12H2,1H3,(H,24,26). The number of likely N-dealkylation sites (tertiary alicyclic amines) is 1. The van der Waals surface area contributed by atoms with Gasteiger partial charge in [-0.3, -0.25) is 9.69 Å². The van der Waals surface area contributed by atoms with Gasteiger partial charge in [0.1, 0.15) is 18.2 Å². The lowest BCUT2D eigenvalue weighted by Gasteiger charge is -2.25. The fourth-order valence-corrected chi connectivity index (χ4v) is 4.13. The molecule has 0 aromatic heterocycles. The highest BCUT2D eigenvalue weighted by Crippen LogP contribution is 2.29.